The molecule has 0 radical (unpaired) electrons. The maximum absolute atomic E-state index is 12.2. The van der Waals surface area contributed by atoms with Gasteiger partial charge in [-0.25, -0.2) is 4.79 Å². The minimum atomic E-state index is -1.92. The van der Waals surface area contributed by atoms with Crippen LogP contribution in [0, 0.1) is 11.8 Å². The highest BCUT2D eigenvalue weighted by molar-refractivity contribution is 5.92. The standard InChI is InChI=1S/C15H24O5/c1-2-3-4-7-15(19,14(17)18)13-10-6-5-8-20-12(10)9-11(13)16/h10,12-13,19H,2-9H2,1H3,(H,17,18). The number of hydrogen-bond acceptors (Lipinski definition) is 4. The van der Waals surface area contributed by atoms with Gasteiger partial charge in [-0.1, -0.05) is 19.8 Å². The zero-order chi connectivity index (χ0) is 14.8. The van der Waals surface area contributed by atoms with Crippen LogP contribution in [0.2, 0.25) is 0 Å². The number of rotatable bonds is 6. The predicted octanol–water partition coefficient (Wildman–Crippen LogP) is 1.77. The van der Waals surface area contributed by atoms with E-state index in [-0.39, 0.29) is 30.6 Å². The first kappa shape index (κ1) is 15.4. The Bertz CT molecular complexity index is 380. The number of unbranched alkanes of at least 4 members (excludes halogenated alkanes) is 2. The Morgan fingerprint density at radius 3 is 2.85 bits per heavy atom. The lowest BCUT2D eigenvalue weighted by Gasteiger charge is -2.36. The van der Waals surface area contributed by atoms with Gasteiger partial charge in [-0.2, -0.15) is 0 Å². The first-order chi connectivity index (χ1) is 9.50. The molecular formula is C15H24O5. The van der Waals surface area contributed by atoms with Gasteiger partial charge in [0.25, 0.3) is 0 Å². The Labute approximate surface area is 119 Å². The molecule has 0 bridgehead atoms. The number of hydrogen-bond donors (Lipinski definition) is 2. The van der Waals surface area contributed by atoms with Crippen molar-refractivity contribution in [1.82, 2.24) is 0 Å². The largest absolute Gasteiger partial charge is 0.479 e. The molecule has 0 aromatic rings. The van der Waals surface area contributed by atoms with E-state index in [2.05, 4.69) is 0 Å². The molecule has 4 unspecified atom stereocenters. The monoisotopic (exact) mass is 284 g/mol. The van der Waals surface area contributed by atoms with Crippen LogP contribution >= 0.6 is 0 Å². The maximum atomic E-state index is 12.2. The van der Waals surface area contributed by atoms with Crippen molar-refractivity contribution in [2.45, 2.75) is 63.6 Å². The molecule has 5 nitrogen and oxygen atoms in total. The molecule has 0 amide bonds. The molecule has 5 heteroatoms. The molecule has 1 heterocycles. The summed E-state index contributed by atoms with van der Waals surface area (Å²) in [5, 5.41) is 20.1. The highest BCUT2D eigenvalue weighted by Gasteiger charge is 2.57. The number of carboxylic acid groups (broad SMARTS) is 1. The van der Waals surface area contributed by atoms with Crippen LogP contribution < -0.4 is 0 Å². The molecule has 0 spiro atoms. The van der Waals surface area contributed by atoms with E-state index in [0.717, 1.165) is 25.7 Å². The van der Waals surface area contributed by atoms with Crippen molar-refractivity contribution in [3.8, 4) is 0 Å². The van der Waals surface area contributed by atoms with E-state index in [4.69, 9.17) is 4.74 Å². The van der Waals surface area contributed by atoms with Gasteiger partial charge in [0, 0.05) is 13.0 Å². The van der Waals surface area contributed by atoms with Crippen molar-refractivity contribution in [2.75, 3.05) is 6.61 Å². The molecule has 2 rings (SSSR count). The van der Waals surface area contributed by atoms with Crippen LogP contribution in [0.3, 0.4) is 0 Å². The number of ketones is 1. The first-order valence-corrected chi connectivity index (χ1v) is 7.60. The third-order valence-electron chi connectivity index (χ3n) is 4.71. The van der Waals surface area contributed by atoms with E-state index in [1.807, 2.05) is 6.92 Å². The Hall–Kier alpha value is -0.940. The summed E-state index contributed by atoms with van der Waals surface area (Å²) in [4.78, 5) is 23.8. The Kier molecular flexibility index (Phi) is 4.81. The van der Waals surface area contributed by atoms with Gasteiger partial charge >= 0.3 is 5.97 Å². The zero-order valence-electron chi connectivity index (χ0n) is 12.0. The van der Waals surface area contributed by atoms with Crippen molar-refractivity contribution in [1.29, 1.82) is 0 Å². The summed E-state index contributed by atoms with van der Waals surface area (Å²) in [5.74, 6) is -2.36. The number of fused-ring (bicyclic) bond motifs is 1. The Balaban J connectivity index is 2.18. The molecule has 1 aliphatic heterocycles. The number of carbonyl (C=O) groups is 2. The second-order valence-electron chi connectivity index (χ2n) is 6.05. The van der Waals surface area contributed by atoms with E-state index < -0.39 is 17.5 Å². The summed E-state index contributed by atoms with van der Waals surface area (Å²) in [7, 11) is 0. The third kappa shape index (κ3) is 2.74. The molecule has 0 aromatic heterocycles. The fourth-order valence-corrected chi connectivity index (χ4v) is 3.68. The van der Waals surface area contributed by atoms with Crippen LogP contribution in [0.5, 0.6) is 0 Å². The number of ether oxygens (including phenoxy) is 1. The number of Topliss-reactive ketones (excluding diaryl/α,β-unsaturated/α-hetero) is 1. The Morgan fingerprint density at radius 1 is 1.45 bits per heavy atom. The minimum absolute atomic E-state index is 0.140. The summed E-state index contributed by atoms with van der Waals surface area (Å²) in [6.07, 6.45) is 4.23. The molecular weight excluding hydrogens is 260 g/mol. The molecule has 1 saturated heterocycles. The molecule has 2 aliphatic rings. The van der Waals surface area contributed by atoms with E-state index in [1.54, 1.807) is 0 Å². The zero-order valence-corrected chi connectivity index (χ0v) is 12.0. The predicted molar refractivity (Wildman–Crippen MR) is 72.3 cm³/mol. The highest BCUT2D eigenvalue weighted by atomic mass is 16.5. The smallest absolute Gasteiger partial charge is 0.336 e. The molecule has 2 N–H and O–H groups in total. The van der Waals surface area contributed by atoms with Gasteiger partial charge in [0.15, 0.2) is 5.60 Å². The molecule has 1 saturated carbocycles. The lowest BCUT2D eigenvalue weighted by atomic mass is 9.74. The van der Waals surface area contributed by atoms with E-state index >= 15 is 0 Å². The number of carbonyl (C=O) groups excluding carboxylic acids is 1. The van der Waals surface area contributed by atoms with Crippen LogP contribution in [0.15, 0.2) is 0 Å². The number of carboxylic acids is 1. The lowest BCUT2D eigenvalue weighted by molar-refractivity contribution is -0.173. The molecule has 0 aromatic carbocycles. The topological polar surface area (TPSA) is 83.8 Å². The molecule has 2 fully saturated rings. The van der Waals surface area contributed by atoms with E-state index in [9.17, 15) is 19.8 Å². The van der Waals surface area contributed by atoms with Crippen molar-refractivity contribution in [2.24, 2.45) is 11.8 Å². The van der Waals surface area contributed by atoms with Crippen LogP contribution in [0.4, 0.5) is 0 Å². The summed E-state index contributed by atoms with van der Waals surface area (Å²) >= 11 is 0. The van der Waals surface area contributed by atoms with Crippen LogP contribution in [-0.2, 0) is 14.3 Å². The van der Waals surface area contributed by atoms with Gasteiger partial charge in [-0.15, -0.1) is 0 Å². The molecule has 20 heavy (non-hydrogen) atoms. The summed E-state index contributed by atoms with van der Waals surface area (Å²) in [6, 6.07) is 0. The van der Waals surface area contributed by atoms with Gasteiger partial charge in [0.2, 0.25) is 0 Å². The fourth-order valence-electron chi connectivity index (χ4n) is 3.68. The van der Waals surface area contributed by atoms with Gasteiger partial charge in [0.1, 0.15) is 5.78 Å². The van der Waals surface area contributed by atoms with Crippen molar-refractivity contribution < 1.29 is 24.5 Å². The van der Waals surface area contributed by atoms with Gasteiger partial charge in [-0.3, -0.25) is 4.79 Å². The molecule has 1 aliphatic carbocycles. The average Bonchev–Trinajstić information content (AvgIpc) is 2.74. The second kappa shape index (κ2) is 6.22. The number of aliphatic hydroxyl groups is 1. The fraction of sp³-hybridized carbons (Fsp3) is 0.867. The molecule has 114 valence electrons. The SMILES string of the molecule is CCCCCC(O)(C(=O)O)C1C(=O)CC2OCCCC21. The third-order valence-corrected chi connectivity index (χ3v) is 4.71. The second-order valence-corrected chi connectivity index (χ2v) is 6.05. The first-order valence-electron chi connectivity index (χ1n) is 7.60. The van der Waals surface area contributed by atoms with Gasteiger partial charge < -0.3 is 14.9 Å². The summed E-state index contributed by atoms with van der Waals surface area (Å²) in [5.41, 5.74) is -1.92. The normalized spacial score (nSPS) is 32.7. The van der Waals surface area contributed by atoms with E-state index in [0.29, 0.717) is 13.0 Å². The van der Waals surface area contributed by atoms with Crippen molar-refractivity contribution >= 4 is 11.8 Å². The molecule has 4 atom stereocenters. The van der Waals surface area contributed by atoms with Crippen LogP contribution in [-0.4, -0.2) is 40.3 Å². The van der Waals surface area contributed by atoms with Crippen molar-refractivity contribution in [3.63, 3.8) is 0 Å². The maximum Gasteiger partial charge on any atom is 0.336 e. The van der Waals surface area contributed by atoms with E-state index in [1.165, 1.54) is 0 Å². The Morgan fingerprint density at radius 2 is 2.20 bits per heavy atom. The van der Waals surface area contributed by atoms with Crippen molar-refractivity contribution in [3.05, 3.63) is 0 Å². The van der Waals surface area contributed by atoms with Crippen LogP contribution in [0.1, 0.15) is 51.9 Å². The van der Waals surface area contributed by atoms with Crippen LogP contribution in [0.25, 0.3) is 0 Å². The quantitative estimate of drug-likeness (QED) is 0.726. The van der Waals surface area contributed by atoms with Gasteiger partial charge in [0.05, 0.1) is 12.0 Å². The van der Waals surface area contributed by atoms with Gasteiger partial charge in [-0.05, 0) is 31.6 Å². The lowest BCUT2D eigenvalue weighted by Crippen LogP contribution is -2.51. The minimum Gasteiger partial charge on any atom is -0.479 e. The number of aliphatic carboxylic acids is 1. The highest BCUT2D eigenvalue weighted by Crippen LogP contribution is 2.44. The summed E-state index contributed by atoms with van der Waals surface area (Å²) < 4.78 is 5.58. The summed E-state index contributed by atoms with van der Waals surface area (Å²) in [6.45, 7) is 2.65. The average molecular weight is 284 g/mol.